The first-order chi connectivity index (χ1) is 8.72. The van der Waals surface area contributed by atoms with Crippen LogP contribution in [-0.2, 0) is 4.79 Å². The quantitative estimate of drug-likeness (QED) is 0.777. The van der Waals surface area contributed by atoms with Crippen LogP contribution in [0.5, 0.6) is 0 Å². The molecule has 2 aliphatic heterocycles. The lowest BCUT2D eigenvalue weighted by Crippen LogP contribution is -2.51. The average molecular weight is 271 g/mol. The standard InChI is InChI=1S/C13H25N3OS/c1-18-9-6-10(14)13(17)15-11-5-8-16-7-3-2-4-12(11)16/h10-12H,2-9,14H2,1H3,(H,15,17)/t10-,11?,12?/m1/s1. The Morgan fingerprint density at radius 2 is 2.28 bits per heavy atom. The molecule has 1 amide bonds. The van der Waals surface area contributed by atoms with Crippen LogP contribution in [0.15, 0.2) is 0 Å². The first-order valence-electron chi connectivity index (χ1n) is 7.01. The van der Waals surface area contributed by atoms with E-state index in [0.29, 0.717) is 12.1 Å². The van der Waals surface area contributed by atoms with Gasteiger partial charge in [-0.1, -0.05) is 6.42 Å². The van der Waals surface area contributed by atoms with E-state index in [9.17, 15) is 4.79 Å². The third kappa shape index (κ3) is 3.39. The van der Waals surface area contributed by atoms with Crippen molar-refractivity contribution < 1.29 is 4.79 Å². The van der Waals surface area contributed by atoms with Gasteiger partial charge in [-0.25, -0.2) is 0 Å². The van der Waals surface area contributed by atoms with Gasteiger partial charge in [-0.05, 0) is 44.2 Å². The third-order valence-corrected chi connectivity index (χ3v) is 4.80. The number of nitrogens with zero attached hydrogens (tertiary/aromatic N) is 1. The molecule has 0 aliphatic carbocycles. The molecule has 18 heavy (non-hydrogen) atoms. The third-order valence-electron chi connectivity index (χ3n) is 4.15. The van der Waals surface area contributed by atoms with Crippen LogP contribution in [0.2, 0.25) is 0 Å². The molecular formula is C13H25N3OS. The highest BCUT2D eigenvalue weighted by atomic mass is 32.2. The molecule has 2 rings (SSSR count). The van der Waals surface area contributed by atoms with Gasteiger partial charge in [0.2, 0.25) is 5.91 Å². The lowest BCUT2D eigenvalue weighted by atomic mass is 9.99. The van der Waals surface area contributed by atoms with Crippen LogP contribution < -0.4 is 11.1 Å². The van der Waals surface area contributed by atoms with Crippen LogP contribution in [0, 0.1) is 0 Å². The van der Waals surface area contributed by atoms with Crippen LogP contribution >= 0.6 is 11.8 Å². The molecule has 2 saturated heterocycles. The molecule has 3 atom stereocenters. The molecule has 5 heteroatoms. The number of thioether (sulfide) groups is 1. The minimum absolute atomic E-state index is 0.0430. The normalized spacial score (nSPS) is 29.9. The number of nitrogens with two attached hydrogens (primary N) is 1. The zero-order valence-electron chi connectivity index (χ0n) is 11.2. The Morgan fingerprint density at radius 3 is 3.06 bits per heavy atom. The van der Waals surface area contributed by atoms with Gasteiger partial charge in [0.1, 0.15) is 0 Å². The Balaban J connectivity index is 1.80. The summed E-state index contributed by atoms with van der Waals surface area (Å²) >= 11 is 1.74. The number of rotatable bonds is 5. The molecule has 0 aromatic heterocycles. The highest BCUT2D eigenvalue weighted by Gasteiger charge is 2.36. The topological polar surface area (TPSA) is 58.4 Å². The van der Waals surface area contributed by atoms with Gasteiger partial charge in [-0.3, -0.25) is 9.69 Å². The van der Waals surface area contributed by atoms with Gasteiger partial charge in [-0.2, -0.15) is 11.8 Å². The molecule has 2 fully saturated rings. The first kappa shape index (κ1) is 14.2. The van der Waals surface area contributed by atoms with Gasteiger partial charge in [0, 0.05) is 18.6 Å². The highest BCUT2D eigenvalue weighted by molar-refractivity contribution is 7.98. The predicted molar refractivity (Wildman–Crippen MR) is 76.7 cm³/mol. The van der Waals surface area contributed by atoms with Crippen LogP contribution in [-0.4, -0.2) is 54.0 Å². The van der Waals surface area contributed by atoms with Crippen molar-refractivity contribution in [2.75, 3.05) is 25.1 Å². The first-order valence-corrected chi connectivity index (χ1v) is 8.40. The summed E-state index contributed by atoms with van der Waals surface area (Å²) in [4.78, 5) is 14.5. The van der Waals surface area contributed by atoms with Crippen LogP contribution in [0.1, 0.15) is 32.1 Å². The van der Waals surface area contributed by atoms with Gasteiger partial charge < -0.3 is 11.1 Å². The van der Waals surface area contributed by atoms with E-state index in [1.807, 2.05) is 6.26 Å². The maximum Gasteiger partial charge on any atom is 0.237 e. The molecule has 0 aromatic rings. The summed E-state index contributed by atoms with van der Waals surface area (Å²) in [5, 5.41) is 3.17. The van der Waals surface area contributed by atoms with E-state index < -0.39 is 0 Å². The number of nitrogens with one attached hydrogen (secondary N) is 1. The Morgan fingerprint density at radius 1 is 1.44 bits per heavy atom. The van der Waals surface area contributed by atoms with Crippen molar-refractivity contribution in [2.24, 2.45) is 5.73 Å². The van der Waals surface area contributed by atoms with Crippen molar-refractivity contribution in [1.82, 2.24) is 10.2 Å². The molecule has 2 aliphatic rings. The lowest BCUT2D eigenvalue weighted by Gasteiger charge is -2.32. The summed E-state index contributed by atoms with van der Waals surface area (Å²) in [7, 11) is 0. The highest BCUT2D eigenvalue weighted by Crippen LogP contribution is 2.27. The number of hydrogen-bond donors (Lipinski definition) is 2. The summed E-state index contributed by atoms with van der Waals surface area (Å²) in [5.74, 6) is 0.996. The van der Waals surface area contributed by atoms with Gasteiger partial charge in [0.05, 0.1) is 6.04 Å². The molecule has 104 valence electrons. The Kier molecular flexibility index (Phi) is 5.33. The zero-order valence-corrected chi connectivity index (χ0v) is 12.0. The predicted octanol–water partition coefficient (Wildman–Crippen LogP) is 0.810. The number of carbonyl (C=O) groups is 1. The van der Waals surface area contributed by atoms with Crippen molar-refractivity contribution in [2.45, 2.75) is 50.2 Å². The zero-order chi connectivity index (χ0) is 13.0. The van der Waals surface area contributed by atoms with E-state index >= 15 is 0 Å². The Labute approximate surface area is 114 Å². The molecule has 0 saturated carbocycles. The Bertz CT molecular complexity index is 287. The minimum Gasteiger partial charge on any atom is -0.350 e. The molecule has 2 heterocycles. The summed E-state index contributed by atoms with van der Waals surface area (Å²) in [6, 6.07) is 0.559. The number of hydrogen-bond acceptors (Lipinski definition) is 4. The van der Waals surface area contributed by atoms with Gasteiger partial charge >= 0.3 is 0 Å². The van der Waals surface area contributed by atoms with Crippen molar-refractivity contribution in [3.63, 3.8) is 0 Å². The molecule has 0 aromatic carbocycles. The van der Waals surface area contributed by atoms with E-state index in [4.69, 9.17) is 5.73 Å². The fourth-order valence-corrected chi connectivity index (χ4v) is 3.57. The molecule has 4 nitrogen and oxygen atoms in total. The molecule has 0 bridgehead atoms. The molecule has 0 spiro atoms. The second-order valence-corrected chi connectivity index (χ2v) is 6.38. The summed E-state index contributed by atoms with van der Waals surface area (Å²) in [6.07, 6.45) is 7.74. The van der Waals surface area contributed by atoms with Crippen molar-refractivity contribution in [1.29, 1.82) is 0 Å². The van der Waals surface area contributed by atoms with E-state index in [-0.39, 0.29) is 11.9 Å². The second kappa shape index (κ2) is 6.78. The van der Waals surface area contributed by atoms with E-state index in [0.717, 1.165) is 25.1 Å². The smallest absolute Gasteiger partial charge is 0.237 e. The monoisotopic (exact) mass is 271 g/mol. The lowest BCUT2D eigenvalue weighted by molar-refractivity contribution is -0.123. The van der Waals surface area contributed by atoms with Gasteiger partial charge in [0.15, 0.2) is 0 Å². The van der Waals surface area contributed by atoms with Gasteiger partial charge in [-0.15, -0.1) is 0 Å². The summed E-state index contributed by atoms with van der Waals surface area (Å²) in [6.45, 7) is 2.34. The minimum atomic E-state index is -0.338. The molecular weight excluding hydrogens is 246 g/mol. The largest absolute Gasteiger partial charge is 0.350 e. The SMILES string of the molecule is CSCC[C@@H](N)C(=O)NC1CCN2CCCCC12. The number of piperidine rings is 1. The second-order valence-electron chi connectivity index (χ2n) is 5.39. The molecule has 3 N–H and O–H groups in total. The number of carbonyl (C=O) groups excluding carboxylic acids is 1. The van der Waals surface area contributed by atoms with E-state index in [1.54, 1.807) is 11.8 Å². The van der Waals surface area contributed by atoms with Crippen molar-refractivity contribution in [3.8, 4) is 0 Å². The van der Waals surface area contributed by atoms with Crippen molar-refractivity contribution >= 4 is 17.7 Å². The van der Waals surface area contributed by atoms with Crippen LogP contribution in [0.4, 0.5) is 0 Å². The number of fused-ring (bicyclic) bond motifs is 1. The average Bonchev–Trinajstić information content (AvgIpc) is 2.79. The maximum atomic E-state index is 12.0. The maximum absolute atomic E-state index is 12.0. The van der Waals surface area contributed by atoms with Gasteiger partial charge in [0.25, 0.3) is 0 Å². The Hall–Kier alpha value is -0.260. The van der Waals surface area contributed by atoms with Crippen LogP contribution in [0.25, 0.3) is 0 Å². The number of amides is 1. The summed E-state index contributed by atoms with van der Waals surface area (Å²) in [5.41, 5.74) is 5.91. The molecule has 0 radical (unpaired) electrons. The fourth-order valence-electron chi connectivity index (χ4n) is 3.08. The van der Waals surface area contributed by atoms with Crippen molar-refractivity contribution in [3.05, 3.63) is 0 Å². The van der Waals surface area contributed by atoms with E-state index in [1.165, 1.54) is 25.8 Å². The fraction of sp³-hybridized carbons (Fsp3) is 0.923. The van der Waals surface area contributed by atoms with E-state index in [2.05, 4.69) is 10.2 Å². The summed E-state index contributed by atoms with van der Waals surface area (Å²) < 4.78 is 0. The van der Waals surface area contributed by atoms with Crippen LogP contribution in [0.3, 0.4) is 0 Å². The molecule has 2 unspecified atom stereocenters.